The third-order valence-electron chi connectivity index (χ3n) is 1.76. The molecule has 13 heavy (non-hydrogen) atoms. The van der Waals surface area contributed by atoms with Crippen LogP contribution in [0.15, 0.2) is 0 Å². The maximum absolute atomic E-state index is 4.89. The van der Waals surface area contributed by atoms with Crippen LogP contribution in [-0.4, -0.2) is 26.2 Å². The van der Waals surface area contributed by atoms with E-state index >= 15 is 0 Å². The predicted octanol–water partition coefficient (Wildman–Crippen LogP) is 3.68. The Hall–Kier alpha value is 1.21. The summed E-state index contributed by atoms with van der Waals surface area (Å²) in [5.41, 5.74) is 0. The molecule has 2 fully saturated rings. The maximum atomic E-state index is 4.89. The van der Waals surface area contributed by atoms with Crippen molar-refractivity contribution in [2.45, 2.75) is 25.7 Å². The van der Waals surface area contributed by atoms with E-state index in [9.17, 15) is 0 Å². The van der Waals surface area contributed by atoms with Gasteiger partial charge in [-0.3, -0.25) is 0 Å². The van der Waals surface area contributed by atoms with Gasteiger partial charge in [0.25, 0.3) is 0 Å². The van der Waals surface area contributed by atoms with Gasteiger partial charge in [0.15, 0.2) is 0 Å². The number of hydrogen-bond acceptors (Lipinski definition) is 0. The van der Waals surface area contributed by atoms with E-state index in [4.69, 9.17) is 18.6 Å². The molecule has 0 radical (unpaired) electrons. The van der Waals surface area contributed by atoms with Crippen LogP contribution >= 0.6 is 18.6 Å². The molecule has 0 atom stereocenters. The normalized spacial score (nSPS) is 19.5. The van der Waals surface area contributed by atoms with Gasteiger partial charge in [0.1, 0.15) is 0 Å². The average molecular weight is 259 g/mol. The van der Waals surface area contributed by atoms with Crippen molar-refractivity contribution in [3.05, 3.63) is 10.6 Å². The van der Waals surface area contributed by atoms with Gasteiger partial charge < -0.3 is 10.6 Å². The Morgan fingerprint density at radius 1 is 0.692 bits per heavy atom. The zero-order valence-corrected chi connectivity index (χ0v) is 10.9. The second-order valence-electron chi connectivity index (χ2n) is 2.83. The first-order valence-electron chi connectivity index (χ1n) is 4.64. The molecule has 0 aliphatic carbocycles. The fourth-order valence-corrected chi connectivity index (χ4v) is 1.12. The van der Waals surface area contributed by atoms with Crippen LogP contribution < -0.4 is 0 Å². The molecule has 2 rings (SSSR count). The van der Waals surface area contributed by atoms with E-state index in [-0.39, 0.29) is 0 Å². The SMILES string of the molecule is C1CC[N-]C1.C1CC[N-]C1.[Cl][Ti][Cl]. The molecule has 0 bridgehead atoms. The molecular formula is C8H16Cl2N2Ti-2. The Kier molecular flexibility index (Phi) is 14.4. The average Bonchev–Trinajstić information content (AvgIpc) is 2.85. The molecular weight excluding hydrogens is 243 g/mol. The van der Waals surface area contributed by atoms with Gasteiger partial charge in [-0.05, 0) is 0 Å². The summed E-state index contributed by atoms with van der Waals surface area (Å²) in [4.78, 5) is 0. The van der Waals surface area contributed by atoms with Gasteiger partial charge in [0, 0.05) is 0 Å². The molecule has 5 heteroatoms. The first kappa shape index (κ1) is 14.2. The molecule has 0 aromatic rings. The van der Waals surface area contributed by atoms with E-state index in [0.717, 1.165) is 26.2 Å². The summed E-state index contributed by atoms with van der Waals surface area (Å²) in [6.45, 7) is 4.50. The Bertz CT molecular complexity index is 63.0. The molecule has 0 N–H and O–H groups in total. The van der Waals surface area contributed by atoms with E-state index in [0.29, 0.717) is 0 Å². The van der Waals surface area contributed by atoms with Gasteiger partial charge >= 0.3 is 35.6 Å². The van der Waals surface area contributed by atoms with Crippen molar-refractivity contribution in [2.24, 2.45) is 0 Å². The Balaban J connectivity index is 0.000000174. The first-order chi connectivity index (χ1) is 6.41. The van der Waals surface area contributed by atoms with Crippen molar-refractivity contribution in [3.63, 3.8) is 0 Å². The summed E-state index contributed by atoms with van der Waals surface area (Å²) < 4.78 is 0. The molecule has 0 aromatic heterocycles. The topological polar surface area (TPSA) is 28.2 Å². The summed E-state index contributed by atoms with van der Waals surface area (Å²) in [6, 6.07) is 0. The van der Waals surface area contributed by atoms with Crippen LogP contribution in [0, 0.1) is 0 Å². The second-order valence-corrected chi connectivity index (χ2v) is 5.41. The molecule has 0 spiro atoms. The first-order valence-corrected chi connectivity index (χ1v) is 8.94. The van der Waals surface area contributed by atoms with Crippen LogP contribution in [0.1, 0.15) is 25.7 Å². The molecule has 0 unspecified atom stereocenters. The molecule has 0 amide bonds. The minimum atomic E-state index is -0.556. The van der Waals surface area contributed by atoms with Gasteiger partial charge in [-0.1, -0.05) is 25.7 Å². The second kappa shape index (κ2) is 13.2. The zero-order chi connectivity index (χ0) is 9.78. The number of halogens is 2. The van der Waals surface area contributed by atoms with Crippen LogP contribution in [0.5, 0.6) is 0 Å². The van der Waals surface area contributed by atoms with Crippen molar-refractivity contribution >= 4 is 18.6 Å². The van der Waals surface area contributed by atoms with Gasteiger partial charge in [0.05, 0.1) is 0 Å². The van der Waals surface area contributed by atoms with Crippen LogP contribution in [0.25, 0.3) is 10.6 Å². The van der Waals surface area contributed by atoms with Crippen LogP contribution in [0.2, 0.25) is 0 Å². The Morgan fingerprint density at radius 3 is 1.00 bits per heavy atom. The van der Waals surface area contributed by atoms with Gasteiger partial charge in [-0.15, -0.1) is 26.2 Å². The van der Waals surface area contributed by atoms with E-state index in [1.54, 1.807) is 0 Å². The van der Waals surface area contributed by atoms with Crippen molar-refractivity contribution in [1.82, 2.24) is 0 Å². The van der Waals surface area contributed by atoms with Crippen LogP contribution in [0.4, 0.5) is 0 Å². The van der Waals surface area contributed by atoms with E-state index in [1.165, 1.54) is 25.7 Å². The molecule has 2 aliphatic heterocycles. The third-order valence-corrected chi connectivity index (χ3v) is 1.76. The zero-order valence-electron chi connectivity index (χ0n) is 7.81. The fraction of sp³-hybridized carbons (Fsp3) is 1.00. The van der Waals surface area contributed by atoms with Crippen molar-refractivity contribution < 1.29 is 17.0 Å². The molecule has 2 saturated heterocycles. The van der Waals surface area contributed by atoms with Gasteiger partial charge in [-0.2, -0.15) is 0 Å². The van der Waals surface area contributed by atoms with Crippen molar-refractivity contribution in [3.8, 4) is 0 Å². The Morgan fingerprint density at radius 2 is 0.923 bits per heavy atom. The van der Waals surface area contributed by atoms with E-state index in [1.807, 2.05) is 0 Å². The molecule has 2 aliphatic rings. The van der Waals surface area contributed by atoms with Gasteiger partial charge in [-0.25, -0.2) is 0 Å². The molecule has 2 heterocycles. The number of nitrogens with zero attached hydrogens (tertiary/aromatic N) is 2. The van der Waals surface area contributed by atoms with Crippen molar-refractivity contribution in [1.29, 1.82) is 0 Å². The summed E-state index contributed by atoms with van der Waals surface area (Å²) >= 11 is -0.556. The van der Waals surface area contributed by atoms with E-state index < -0.39 is 17.0 Å². The van der Waals surface area contributed by atoms with Gasteiger partial charge in [0.2, 0.25) is 0 Å². The predicted molar refractivity (Wildman–Crippen MR) is 56.4 cm³/mol. The third kappa shape index (κ3) is 13.2. The Labute approximate surface area is 97.8 Å². The fourth-order valence-electron chi connectivity index (χ4n) is 1.12. The summed E-state index contributed by atoms with van der Waals surface area (Å²) in [5.74, 6) is 0. The van der Waals surface area contributed by atoms with Crippen LogP contribution in [0.3, 0.4) is 0 Å². The quantitative estimate of drug-likeness (QED) is 0.593. The summed E-state index contributed by atoms with van der Waals surface area (Å²) in [7, 11) is 9.78. The summed E-state index contributed by atoms with van der Waals surface area (Å²) in [5, 5.41) is 8.17. The summed E-state index contributed by atoms with van der Waals surface area (Å²) in [6.07, 6.45) is 5.33. The van der Waals surface area contributed by atoms with E-state index in [2.05, 4.69) is 10.6 Å². The minimum absolute atomic E-state index is 0.556. The molecule has 0 saturated carbocycles. The molecule has 78 valence electrons. The number of rotatable bonds is 0. The molecule has 0 aromatic carbocycles. The van der Waals surface area contributed by atoms with Crippen molar-refractivity contribution in [2.75, 3.05) is 26.2 Å². The standard InChI is InChI=1S/2C4H8N.2ClH.Ti/c2*1-2-4-5-3-1;;;/h2*1-4H2;2*1H;/q2*-1;;;+2/p-2. The number of hydrogen-bond donors (Lipinski definition) is 0. The monoisotopic (exact) mass is 258 g/mol. The molecule has 2 nitrogen and oxygen atoms in total. The van der Waals surface area contributed by atoms with Crippen LogP contribution in [-0.2, 0) is 17.0 Å².